The lowest BCUT2D eigenvalue weighted by atomic mass is 9.96. The van der Waals surface area contributed by atoms with Gasteiger partial charge in [-0.25, -0.2) is 4.57 Å². The molecule has 1 aromatic heterocycles. The molecule has 0 amide bonds. The van der Waals surface area contributed by atoms with Crippen LogP contribution in [0.15, 0.2) is 55.1 Å². The van der Waals surface area contributed by atoms with Crippen molar-refractivity contribution in [2.75, 3.05) is 0 Å². The number of halogens is 5. The van der Waals surface area contributed by atoms with Crippen molar-refractivity contribution in [1.29, 1.82) is 5.41 Å². The number of hydrogen-bond acceptors (Lipinski definition) is 2. The van der Waals surface area contributed by atoms with Crippen molar-refractivity contribution in [3.8, 4) is 5.69 Å². The SMILES string of the molecule is C[n+]1cnn(-c2ccc(C=CC(c3cc(Cl)cc(Cl)c3)C(F)(F)F)cc2C(=N)N)c1. The molecule has 0 aliphatic carbocycles. The Morgan fingerprint density at radius 1 is 1.20 bits per heavy atom. The van der Waals surface area contributed by atoms with Crippen LogP contribution in [0.4, 0.5) is 13.2 Å². The van der Waals surface area contributed by atoms with Gasteiger partial charge < -0.3 is 5.73 Å². The van der Waals surface area contributed by atoms with Crippen LogP contribution in [-0.2, 0) is 7.05 Å². The average molecular weight is 455 g/mol. The van der Waals surface area contributed by atoms with Crippen LogP contribution in [0.5, 0.6) is 0 Å². The Labute approximate surface area is 180 Å². The number of aromatic nitrogens is 3. The van der Waals surface area contributed by atoms with Crippen LogP contribution < -0.4 is 10.3 Å². The lowest BCUT2D eigenvalue weighted by Gasteiger charge is -2.18. The Kier molecular flexibility index (Phi) is 6.19. The first-order valence-corrected chi connectivity index (χ1v) is 9.40. The summed E-state index contributed by atoms with van der Waals surface area (Å²) in [5, 5.41) is 12.2. The number of nitrogens with two attached hydrogens (primary N) is 1. The first-order chi connectivity index (χ1) is 14.0. The first-order valence-electron chi connectivity index (χ1n) is 8.64. The smallest absolute Gasteiger partial charge is 0.384 e. The first kappa shape index (κ1) is 21.9. The molecule has 156 valence electrons. The lowest BCUT2D eigenvalue weighted by Crippen LogP contribution is -2.24. The van der Waals surface area contributed by atoms with E-state index in [0.717, 1.165) is 6.08 Å². The summed E-state index contributed by atoms with van der Waals surface area (Å²) >= 11 is 11.7. The van der Waals surface area contributed by atoms with Crippen molar-refractivity contribution < 1.29 is 17.7 Å². The predicted molar refractivity (Wildman–Crippen MR) is 110 cm³/mol. The quantitative estimate of drug-likeness (QED) is 0.334. The van der Waals surface area contributed by atoms with E-state index in [1.807, 2.05) is 0 Å². The van der Waals surface area contributed by atoms with Gasteiger partial charge in [0.25, 0.3) is 6.33 Å². The van der Waals surface area contributed by atoms with Crippen LogP contribution in [0.25, 0.3) is 11.8 Å². The minimum absolute atomic E-state index is 0.0660. The highest BCUT2D eigenvalue weighted by molar-refractivity contribution is 6.34. The van der Waals surface area contributed by atoms with Gasteiger partial charge in [0.05, 0.1) is 18.5 Å². The number of aryl methyl sites for hydroxylation is 1. The number of hydrogen-bond donors (Lipinski definition) is 2. The van der Waals surface area contributed by atoms with Crippen LogP contribution >= 0.6 is 23.2 Å². The fourth-order valence-electron chi connectivity index (χ4n) is 2.94. The van der Waals surface area contributed by atoms with Crippen molar-refractivity contribution in [2.24, 2.45) is 12.8 Å². The Morgan fingerprint density at radius 2 is 1.87 bits per heavy atom. The highest BCUT2D eigenvalue weighted by Crippen LogP contribution is 2.38. The number of amidine groups is 1. The van der Waals surface area contributed by atoms with Crippen molar-refractivity contribution in [3.63, 3.8) is 0 Å². The number of allylic oxidation sites excluding steroid dienone is 1. The summed E-state index contributed by atoms with van der Waals surface area (Å²) in [4.78, 5) is 0. The third-order valence-corrected chi connectivity index (χ3v) is 4.72. The standard InChI is InChI=1S/C20H17Cl2F3N5/c1-29-10-28-30(11-29)18-5-3-12(6-16(18)19(26)27)2-4-17(20(23,24)25)13-7-14(21)9-15(22)8-13/h2-11,17H,1H3,(H3,26,27)/q+1. The summed E-state index contributed by atoms with van der Waals surface area (Å²) in [6, 6.07) is 8.64. The van der Waals surface area contributed by atoms with E-state index in [1.54, 1.807) is 36.4 Å². The summed E-state index contributed by atoms with van der Waals surface area (Å²) in [6.45, 7) is 0. The molecule has 0 bridgehead atoms. The Bertz CT molecular complexity index is 1100. The molecule has 3 N–H and O–H groups in total. The minimum atomic E-state index is -4.54. The highest BCUT2D eigenvalue weighted by atomic mass is 35.5. The predicted octanol–water partition coefficient (Wildman–Crippen LogP) is 4.65. The van der Waals surface area contributed by atoms with Gasteiger partial charge in [0.15, 0.2) is 5.69 Å². The zero-order chi connectivity index (χ0) is 22.1. The molecule has 0 saturated heterocycles. The summed E-state index contributed by atoms with van der Waals surface area (Å²) in [6.07, 6.45) is 1.06. The fraction of sp³-hybridized carbons (Fsp3) is 0.150. The molecule has 0 spiro atoms. The highest BCUT2D eigenvalue weighted by Gasteiger charge is 2.39. The van der Waals surface area contributed by atoms with Gasteiger partial charge in [-0.05, 0) is 41.5 Å². The zero-order valence-corrected chi connectivity index (χ0v) is 17.2. The van der Waals surface area contributed by atoms with E-state index in [9.17, 15) is 13.2 Å². The minimum Gasteiger partial charge on any atom is -0.384 e. The van der Waals surface area contributed by atoms with Crippen LogP contribution in [0.2, 0.25) is 10.0 Å². The van der Waals surface area contributed by atoms with E-state index in [0.29, 0.717) is 16.8 Å². The van der Waals surface area contributed by atoms with Crippen molar-refractivity contribution in [3.05, 3.63) is 81.9 Å². The molecule has 1 atom stereocenters. The molecule has 0 saturated carbocycles. The van der Waals surface area contributed by atoms with E-state index < -0.39 is 12.1 Å². The molecule has 3 rings (SSSR count). The maximum Gasteiger partial charge on any atom is 0.399 e. The van der Waals surface area contributed by atoms with Crippen molar-refractivity contribution in [2.45, 2.75) is 12.1 Å². The Balaban J connectivity index is 2.00. The summed E-state index contributed by atoms with van der Waals surface area (Å²) < 4.78 is 44.2. The third-order valence-electron chi connectivity index (χ3n) is 4.29. The molecule has 3 aromatic rings. The Hall–Kier alpha value is -2.84. The van der Waals surface area contributed by atoms with E-state index >= 15 is 0 Å². The third kappa shape index (κ3) is 5.01. The maximum atomic E-state index is 13.7. The van der Waals surface area contributed by atoms with Crippen LogP contribution in [0, 0.1) is 5.41 Å². The summed E-state index contributed by atoms with van der Waals surface area (Å²) in [5.74, 6) is -2.13. The normalized spacial score (nSPS) is 13.0. The molecule has 0 aliphatic rings. The van der Waals surface area contributed by atoms with E-state index in [4.69, 9.17) is 34.3 Å². The molecule has 10 heteroatoms. The lowest BCUT2D eigenvalue weighted by molar-refractivity contribution is -0.672. The molecular formula is C20H17Cl2F3N5+. The number of nitrogens with zero attached hydrogens (tertiary/aromatic N) is 3. The second kappa shape index (κ2) is 8.49. The molecule has 1 unspecified atom stereocenters. The van der Waals surface area contributed by atoms with E-state index in [-0.39, 0.29) is 21.4 Å². The molecule has 0 radical (unpaired) electrons. The van der Waals surface area contributed by atoms with Gasteiger partial charge in [0.2, 0.25) is 6.33 Å². The van der Waals surface area contributed by atoms with Gasteiger partial charge >= 0.3 is 6.18 Å². The van der Waals surface area contributed by atoms with E-state index in [1.165, 1.54) is 35.0 Å². The number of benzene rings is 2. The number of nitrogens with one attached hydrogen (secondary N) is 1. The molecule has 1 heterocycles. The molecule has 2 aromatic carbocycles. The van der Waals surface area contributed by atoms with Crippen LogP contribution in [0.3, 0.4) is 0 Å². The maximum absolute atomic E-state index is 13.7. The van der Waals surface area contributed by atoms with E-state index in [2.05, 4.69) is 5.10 Å². The van der Waals surface area contributed by atoms with Gasteiger partial charge in [-0.3, -0.25) is 5.41 Å². The van der Waals surface area contributed by atoms with Crippen LogP contribution in [-0.4, -0.2) is 21.8 Å². The van der Waals surface area contributed by atoms with Gasteiger partial charge in [0.1, 0.15) is 5.84 Å². The molecular weight excluding hydrogens is 438 g/mol. The number of alkyl halides is 3. The largest absolute Gasteiger partial charge is 0.399 e. The second-order valence-corrected chi connectivity index (χ2v) is 7.50. The second-order valence-electron chi connectivity index (χ2n) is 6.63. The van der Waals surface area contributed by atoms with Gasteiger partial charge in [-0.1, -0.05) is 46.1 Å². The van der Waals surface area contributed by atoms with Crippen molar-refractivity contribution in [1.82, 2.24) is 9.78 Å². The summed E-state index contributed by atoms with van der Waals surface area (Å²) in [5.41, 5.74) is 6.94. The fourth-order valence-corrected chi connectivity index (χ4v) is 3.48. The summed E-state index contributed by atoms with van der Waals surface area (Å²) in [7, 11) is 1.79. The number of rotatable bonds is 5. The average Bonchev–Trinajstić information content (AvgIpc) is 3.06. The van der Waals surface area contributed by atoms with Gasteiger partial charge in [-0.15, -0.1) is 0 Å². The van der Waals surface area contributed by atoms with Gasteiger partial charge in [0, 0.05) is 15.1 Å². The molecule has 30 heavy (non-hydrogen) atoms. The molecule has 0 aliphatic heterocycles. The Morgan fingerprint density at radius 3 is 2.40 bits per heavy atom. The van der Waals surface area contributed by atoms with Gasteiger partial charge in [-0.2, -0.15) is 13.2 Å². The molecule has 5 nitrogen and oxygen atoms in total. The monoisotopic (exact) mass is 454 g/mol. The molecule has 0 fully saturated rings. The zero-order valence-electron chi connectivity index (χ0n) is 15.7. The van der Waals surface area contributed by atoms with Crippen LogP contribution in [0.1, 0.15) is 22.6 Å². The van der Waals surface area contributed by atoms with Crippen molar-refractivity contribution >= 4 is 35.1 Å². The number of nitrogen functional groups attached to an aromatic ring is 1. The topological polar surface area (TPSA) is 71.6 Å².